The highest BCUT2D eigenvalue weighted by Gasteiger charge is 2.13. The largest absolute Gasteiger partial charge is 0.480 e. The van der Waals surface area contributed by atoms with Gasteiger partial charge in [0.2, 0.25) is 0 Å². The highest BCUT2D eigenvalue weighted by molar-refractivity contribution is 5.82. The van der Waals surface area contributed by atoms with Crippen molar-refractivity contribution >= 4 is 12.0 Å². The normalized spacial score (nSPS) is 11.7. The summed E-state index contributed by atoms with van der Waals surface area (Å²) >= 11 is 0. The summed E-state index contributed by atoms with van der Waals surface area (Å²) in [4.78, 5) is 22.0. The number of carbonyl (C=O) groups excluding carboxylic acids is 1. The summed E-state index contributed by atoms with van der Waals surface area (Å²) in [5.74, 6) is -1.06. The van der Waals surface area contributed by atoms with Crippen molar-refractivity contribution in [3.8, 4) is 0 Å². The van der Waals surface area contributed by atoms with E-state index >= 15 is 0 Å². The number of urea groups is 1. The lowest BCUT2D eigenvalue weighted by Gasteiger charge is -2.12. The van der Waals surface area contributed by atoms with Crippen LogP contribution in [0.1, 0.15) is 23.6 Å². The van der Waals surface area contributed by atoms with Gasteiger partial charge in [0.1, 0.15) is 6.04 Å². The molecule has 1 rings (SSSR count). The molecule has 5 nitrogen and oxygen atoms in total. The van der Waals surface area contributed by atoms with Crippen LogP contribution in [-0.2, 0) is 11.3 Å². The van der Waals surface area contributed by atoms with E-state index in [-0.39, 0.29) is 0 Å². The third kappa shape index (κ3) is 4.08. The van der Waals surface area contributed by atoms with Crippen molar-refractivity contribution in [1.82, 2.24) is 10.6 Å². The number of hydrogen-bond donors (Lipinski definition) is 3. The maximum atomic E-state index is 11.4. The second-order valence-corrected chi connectivity index (χ2v) is 4.32. The topological polar surface area (TPSA) is 78.4 Å². The average Bonchev–Trinajstić information content (AvgIpc) is 2.30. The predicted molar refractivity (Wildman–Crippen MR) is 68.4 cm³/mol. The van der Waals surface area contributed by atoms with Crippen LogP contribution in [0, 0.1) is 13.8 Å². The quantitative estimate of drug-likeness (QED) is 0.759. The minimum Gasteiger partial charge on any atom is -0.480 e. The van der Waals surface area contributed by atoms with Crippen LogP contribution >= 0.6 is 0 Å². The van der Waals surface area contributed by atoms with E-state index < -0.39 is 18.0 Å². The van der Waals surface area contributed by atoms with Crippen LogP contribution in [0.15, 0.2) is 18.2 Å². The highest BCUT2D eigenvalue weighted by atomic mass is 16.4. The summed E-state index contributed by atoms with van der Waals surface area (Å²) < 4.78 is 0. The molecule has 0 heterocycles. The first kappa shape index (κ1) is 14.0. The fraction of sp³-hybridized carbons (Fsp3) is 0.385. The highest BCUT2D eigenvalue weighted by Crippen LogP contribution is 2.09. The Morgan fingerprint density at radius 1 is 1.33 bits per heavy atom. The van der Waals surface area contributed by atoms with Crippen LogP contribution < -0.4 is 10.6 Å². The van der Waals surface area contributed by atoms with Gasteiger partial charge in [-0.15, -0.1) is 0 Å². The van der Waals surface area contributed by atoms with E-state index in [9.17, 15) is 9.59 Å². The molecule has 0 aliphatic carbocycles. The molecule has 0 fully saturated rings. The third-order valence-electron chi connectivity index (χ3n) is 2.66. The second-order valence-electron chi connectivity index (χ2n) is 4.32. The van der Waals surface area contributed by atoms with Crippen molar-refractivity contribution in [2.45, 2.75) is 33.4 Å². The molecule has 1 aromatic rings. The van der Waals surface area contributed by atoms with E-state index in [4.69, 9.17) is 5.11 Å². The van der Waals surface area contributed by atoms with E-state index in [2.05, 4.69) is 10.6 Å². The molecule has 1 unspecified atom stereocenters. The molecule has 0 aromatic heterocycles. The molecule has 2 amide bonds. The zero-order chi connectivity index (χ0) is 13.7. The summed E-state index contributed by atoms with van der Waals surface area (Å²) in [7, 11) is 0. The Labute approximate surface area is 106 Å². The molecule has 98 valence electrons. The third-order valence-corrected chi connectivity index (χ3v) is 2.66. The van der Waals surface area contributed by atoms with Crippen LogP contribution in [0.2, 0.25) is 0 Å². The van der Waals surface area contributed by atoms with Crippen LogP contribution in [0.4, 0.5) is 4.79 Å². The van der Waals surface area contributed by atoms with Gasteiger partial charge in [0.25, 0.3) is 0 Å². The van der Waals surface area contributed by atoms with E-state index in [0.29, 0.717) is 6.54 Å². The smallest absolute Gasteiger partial charge is 0.325 e. The Balaban J connectivity index is 2.52. The van der Waals surface area contributed by atoms with Crippen molar-refractivity contribution in [3.05, 3.63) is 34.9 Å². The lowest BCUT2D eigenvalue weighted by molar-refractivity contribution is -0.138. The maximum Gasteiger partial charge on any atom is 0.325 e. The fourth-order valence-electron chi connectivity index (χ4n) is 1.48. The first-order chi connectivity index (χ1) is 8.40. The van der Waals surface area contributed by atoms with Crippen LogP contribution in [0.25, 0.3) is 0 Å². The summed E-state index contributed by atoms with van der Waals surface area (Å²) in [5, 5.41) is 13.6. The molecule has 0 spiro atoms. The van der Waals surface area contributed by atoms with E-state index in [1.807, 2.05) is 32.0 Å². The Hall–Kier alpha value is -2.04. The second kappa shape index (κ2) is 6.05. The SMILES string of the molecule is Cc1ccc(C)c(CNC(=O)NC(C)C(=O)O)c1. The lowest BCUT2D eigenvalue weighted by atomic mass is 10.1. The molecule has 1 aromatic carbocycles. The maximum absolute atomic E-state index is 11.4. The number of nitrogens with one attached hydrogen (secondary N) is 2. The number of amides is 2. The molecular formula is C13H18N2O3. The monoisotopic (exact) mass is 250 g/mol. The Morgan fingerprint density at radius 2 is 2.00 bits per heavy atom. The number of aryl methyl sites for hydroxylation is 2. The van der Waals surface area contributed by atoms with Gasteiger partial charge in [-0.3, -0.25) is 4.79 Å². The summed E-state index contributed by atoms with van der Waals surface area (Å²) in [6, 6.07) is 4.61. The molecule has 0 radical (unpaired) electrons. The Bertz CT molecular complexity index is 458. The summed E-state index contributed by atoms with van der Waals surface area (Å²) in [6.07, 6.45) is 0. The van der Waals surface area contributed by atoms with Crippen molar-refractivity contribution in [1.29, 1.82) is 0 Å². The minimum atomic E-state index is -1.06. The number of carbonyl (C=O) groups is 2. The Morgan fingerprint density at radius 3 is 2.61 bits per heavy atom. The van der Waals surface area contributed by atoms with Crippen LogP contribution in [0.3, 0.4) is 0 Å². The van der Waals surface area contributed by atoms with Gasteiger partial charge in [0, 0.05) is 6.54 Å². The van der Waals surface area contributed by atoms with Gasteiger partial charge >= 0.3 is 12.0 Å². The van der Waals surface area contributed by atoms with Gasteiger partial charge in [0.05, 0.1) is 0 Å². The first-order valence-electron chi connectivity index (χ1n) is 5.73. The van der Waals surface area contributed by atoms with Gasteiger partial charge in [-0.2, -0.15) is 0 Å². The van der Waals surface area contributed by atoms with Crippen LogP contribution in [-0.4, -0.2) is 23.1 Å². The zero-order valence-corrected chi connectivity index (χ0v) is 10.8. The molecule has 1 atom stereocenters. The molecule has 5 heteroatoms. The summed E-state index contributed by atoms with van der Waals surface area (Å²) in [6.45, 7) is 5.75. The molecule has 3 N–H and O–H groups in total. The van der Waals surface area contributed by atoms with Crippen molar-refractivity contribution in [2.75, 3.05) is 0 Å². The first-order valence-corrected chi connectivity index (χ1v) is 5.73. The predicted octanol–water partition coefficient (Wildman–Crippen LogP) is 1.58. The van der Waals surface area contributed by atoms with Gasteiger partial charge in [-0.25, -0.2) is 4.79 Å². The lowest BCUT2D eigenvalue weighted by Crippen LogP contribution is -2.44. The number of carboxylic acid groups (broad SMARTS) is 1. The number of carboxylic acids is 1. The minimum absolute atomic E-state index is 0.381. The van der Waals surface area contributed by atoms with E-state index in [1.54, 1.807) is 0 Å². The summed E-state index contributed by atoms with van der Waals surface area (Å²) in [5.41, 5.74) is 3.23. The van der Waals surface area contributed by atoms with Gasteiger partial charge < -0.3 is 15.7 Å². The molecule has 18 heavy (non-hydrogen) atoms. The number of rotatable bonds is 4. The van der Waals surface area contributed by atoms with Crippen molar-refractivity contribution in [3.63, 3.8) is 0 Å². The van der Waals surface area contributed by atoms with Crippen molar-refractivity contribution < 1.29 is 14.7 Å². The standard InChI is InChI=1S/C13H18N2O3/c1-8-4-5-9(2)11(6-8)7-14-13(18)15-10(3)12(16)17/h4-6,10H,7H2,1-3H3,(H,16,17)(H2,14,15,18). The van der Waals surface area contributed by atoms with Gasteiger partial charge in [-0.05, 0) is 31.9 Å². The van der Waals surface area contributed by atoms with E-state index in [1.165, 1.54) is 6.92 Å². The molecular weight excluding hydrogens is 232 g/mol. The number of benzene rings is 1. The van der Waals surface area contributed by atoms with Crippen molar-refractivity contribution in [2.24, 2.45) is 0 Å². The zero-order valence-electron chi connectivity index (χ0n) is 10.8. The Kier molecular flexibility index (Phi) is 4.71. The molecule has 0 bridgehead atoms. The molecule has 0 saturated heterocycles. The number of aliphatic carboxylic acids is 1. The van der Waals surface area contributed by atoms with Gasteiger partial charge in [0.15, 0.2) is 0 Å². The average molecular weight is 250 g/mol. The molecule has 0 aliphatic rings. The number of hydrogen-bond acceptors (Lipinski definition) is 2. The fourth-order valence-corrected chi connectivity index (χ4v) is 1.48. The molecule has 0 saturated carbocycles. The van der Waals surface area contributed by atoms with Gasteiger partial charge in [-0.1, -0.05) is 23.8 Å². The molecule has 0 aliphatic heterocycles. The van der Waals surface area contributed by atoms with E-state index in [0.717, 1.165) is 16.7 Å². The van der Waals surface area contributed by atoms with Crippen LogP contribution in [0.5, 0.6) is 0 Å².